The number of nitrogens with one attached hydrogen (secondary N) is 1. The molecule has 0 bridgehead atoms. The number of oxazole rings is 1. The number of hydrogen-bond acceptors (Lipinski definition) is 5. The lowest BCUT2D eigenvalue weighted by Gasteiger charge is -2.06. The van der Waals surface area contributed by atoms with Gasteiger partial charge in [0, 0.05) is 23.8 Å². The van der Waals surface area contributed by atoms with Gasteiger partial charge in [0.2, 0.25) is 17.7 Å². The van der Waals surface area contributed by atoms with Crippen molar-refractivity contribution in [1.29, 1.82) is 0 Å². The van der Waals surface area contributed by atoms with Crippen molar-refractivity contribution in [3.63, 3.8) is 0 Å². The number of phenolic OH excluding ortho intramolecular Hbond substituents is 1. The number of anilines is 1. The summed E-state index contributed by atoms with van der Waals surface area (Å²) in [6.07, 6.45) is 6.24. The number of phenols is 1. The molecule has 0 unspecified atom stereocenters. The zero-order valence-electron chi connectivity index (χ0n) is 16.0. The summed E-state index contributed by atoms with van der Waals surface area (Å²) < 4.78 is 19.3. The predicted molar refractivity (Wildman–Crippen MR) is 118 cm³/mol. The van der Waals surface area contributed by atoms with Gasteiger partial charge in [-0.25, -0.2) is 9.37 Å². The van der Waals surface area contributed by atoms with Crippen LogP contribution in [0.15, 0.2) is 65.1 Å². The lowest BCUT2D eigenvalue weighted by molar-refractivity contribution is -0.114. The van der Waals surface area contributed by atoms with Crippen molar-refractivity contribution in [1.82, 2.24) is 4.98 Å². The number of rotatable bonds is 4. The van der Waals surface area contributed by atoms with Crippen LogP contribution in [0.4, 0.5) is 10.3 Å². The third-order valence-corrected chi connectivity index (χ3v) is 4.79. The summed E-state index contributed by atoms with van der Waals surface area (Å²) >= 11 is 5.26. The van der Waals surface area contributed by atoms with E-state index in [-0.39, 0.29) is 29.2 Å². The lowest BCUT2D eigenvalue weighted by atomic mass is 10.0. The van der Waals surface area contributed by atoms with Crippen LogP contribution in [0.25, 0.3) is 28.2 Å². The van der Waals surface area contributed by atoms with Crippen LogP contribution in [0.2, 0.25) is 0 Å². The third kappa shape index (κ3) is 4.06. The number of carbonyl (C=O) groups excluding carboxylic acids is 1. The Morgan fingerprint density at radius 1 is 1.23 bits per heavy atom. The number of nitrogens with zero attached hydrogens (tertiary/aromatic N) is 1. The minimum absolute atomic E-state index is 0.0809. The molecule has 0 fully saturated rings. The Morgan fingerprint density at radius 3 is 2.73 bits per heavy atom. The van der Waals surface area contributed by atoms with E-state index in [9.17, 15) is 14.3 Å². The van der Waals surface area contributed by atoms with Crippen LogP contribution in [0.1, 0.15) is 19.0 Å². The fourth-order valence-corrected chi connectivity index (χ4v) is 3.39. The Morgan fingerprint density at radius 2 is 2.03 bits per heavy atom. The van der Waals surface area contributed by atoms with Gasteiger partial charge in [-0.2, -0.15) is 0 Å². The second kappa shape index (κ2) is 8.04. The molecule has 0 spiro atoms. The van der Waals surface area contributed by atoms with Crippen molar-refractivity contribution in [2.75, 3.05) is 5.32 Å². The maximum Gasteiger partial charge on any atom is 0.233 e. The number of amides is 1. The molecular formula is C23H17FN2O3S. The van der Waals surface area contributed by atoms with Gasteiger partial charge in [-0.3, -0.25) is 10.1 Å². The number of thiocarbonyl (C=S) groups is 1. The molecule has 2 N–H and O–H groups in total. The predicted octanol–water partition coefficient (Wildman–Crippen LogP) is 5.52. The zero-order chi connectivity index (χ0) is 21.3. The van der Waals surface area contributed by atoms with Crippen LogP contribution in [0.5, 0.6) is 5.75 Å². The van der Waals surface area contributed by atoms with Gasteiger partial charge >= 0.3 is 0 Å². The highest BCUT2D eigenvalue weighted by Crippen LogP contribution is 2.37. The minimum atomic E-state index is -0.361. The van der Waals surface area contributed by atoms with Gasteiger partial charge in [0.25, 0.3) is 0 Å². The van der Waals surface area contributed by atoms with Crippen molar-refractivity contribution >= 4 is 34.4 Å². The highest BCUT2D eigenvalue weighted by atomic mass is 32.1. The standard InChI is InChI=1S/C23H17FN2O3S/c1-13(27)25-23-21(16-5-3-7-18(30)11-16)26-22(29-23)19-9-8-15(12-20(19)28)14-4-2-6-17(24)10-14/h2-6,8-12,28H,7H2,1H3,(H,25,27). The van der Waals surface area contributed by atoms with Crippen LogP contribution in [-0.4, -0.2) is 20.9 Å². The molecule has 30 heavy (non-hydrogen) atoms. The number of aromatic nitrogens is 1. The first-order valence-corrected chi connectivity index (χ1v) is 9.61. The smallest absolute Gasteiger partial charge is 0.233 e. The fourth-order valence-electron chi connectivity index (χ4n) is 3.17. The van der Waals surface area contributed by atoms with Crippen molar-refractivity contribution in [3.8, 4) is 28.3 Å². The van der Waals surface area contributed by atoms with E-state index < -0.39 is 0 Å². The van der Waals surface area contributed by atoms with E-state index in [0.29, 0.717) is 34.4 Å². The Bertz CT molecular complexity index is 1230. The Labute approximate surface area is 177 Å². The zero-order valence-corrected chi connectivity index (χ0v) is 16.8. The molecule has 4 rings (SSSR count). The molecule has 1 aliphatic rings. The van der Waals surface area contributed by atoms with Crippen molar-refractivity contribution in [3.05, 3.63) is 72.2 Å². The molecule has 5 nitrogen and oxygen atoms in total. The average Bonchev–Trinajstić information content (AvgIpc) is 3.10. The topological polar surface area (TPSA) is 75.4 Å². The Kier molecular flexibility index (Phi) is 5.29. The molecule has 150 valence electrons. The molecule has 1 heterocycles. The maximum absolute atomic E-state index is 13.5. The summed E-state index contributed by atoms with van der Waals surface area (Å²) in [6.45, 7) is 1.37. The van der Waals surface area contributed by atoms with Crippen LogP contribution >= 0.6 is 12.2 Å². The third-order valence-electron chi connectivity index (χ3n) is 4.51. The molecule has 7 heteroatoms. The van der Waals surface area contributed by atoms with E-state index in [1.54, 1.807) is 30.3 Å². The van der Waals surface area contributed by atoms with E-state index in [1.165, 1.54) is 25.1 Å². The summed E-state index contributed by atoms with van der Waals surface area (Å²) in [6, 6.07) is 11.0. The van der Waals surface area contributed by atoms with Crippen LogP contribution < -0.4 is 5.32 Å². The molecule has 0 radical (unpaired) electrons. The first-order chi connectivity index (χ1) is 14.4. The summed E-state index contributed by atoms with van der Waals surface area (Å²) in [7, 11) is 0. The Balaban J connectivity index is 1.76. The summed E-state index contributed by atoms with van der Waals surface area (Å²) in [5.74, 6) is -0.440. The second-order valence-electron chi connectivity index (χ2n) is 6.79. The van der Waals surface area contributed by atoms with E-state index in [1.807, 2.05) is 12.2 Å². The number of halogens is 1. The second-order valence-corrected chi connectivity index (χ2v) is 7.32. The van der Waals surface area contributed by atoms with Crippen LogP contribution in [0.3, 0.4) is 0 Å². The minimum Gasteiger partial charge on any atom is -0.507 e. The molecule has 1 amide bonds. The molecule has 3 aromatic rings. The van der Waals surface area contributed by atoms with Gasteiger partial charge in [-0.1, -0.05) is 42.6 Å². The molecule has 1 aliphatic carbocycles. The first kappa shape index (κ1) is 19.7. The van der Waals surface area contributed by atoms with Crippen LogP contribution in [0, 0.1) is 5.82 Å². The van der Waals surface area contributed by atoms with Gasteiger partial charge in [0.1, 0.15) is 17.3 Å². The van der Waals surface area contributed by atoms with Gasteiger partial charge in [-0.15, -0.1) is 0 Å². The van der Waals surface area contributed by atoms with E-state index >= 15 is 0 Å². The van der Waals surface area contributed by atoms with Gasteiger partial charge in [0.05, 0.1) is 5.56 Å². The van der Waals surface area contributed by atoms with E-state index in [2.05, 4.69) is 10.3 Å². The first-order valence-electron chi connectivity index (χ1n) is 9.20. The molecule has 1 aromatic heterocycles. The molecule has 2 aromatic carbocycles. The van der Waals surface area contributed by atoms with Gasteiger partial charge in [-0.05, 0) is 41.5 Å². The van der Waals surface area contributed by atoms with Gasteiger partial charge < -0.3 is 9.52 Å². The average molecular weight is 420 g/mol. The number of carbonyl (C=O) groups is 1. The van der Waals surface area contributed by atoms with Crippen molar-refractivity contribution in [2.45, 2.75) is 13.3 Å². The number of aromatic hydroxyl groups is 1. The molecular weight excluding hydrogens is 403 g/mol. The highest BCUT2D eigenvalue weighted by Gasteiger charge is 2.21. The fraction of sp³-hybridized carbons (Fsp3) is 0.0870. The SMILES string of the molecule is CC(=O)Nc1oc(-c2ccc(-c3cccc(F)c3)cc2O)nc1C1=CC(=S)CC=C1. The van der Waals surface area contributed by atoms with E-state index in [4.69, 9.17) is 16.6 Å². The summed E-state index contributed by atoms with van der Waals surface area (Å²) in [5, 5.41) is 13.2. The largest absolute Gasteiger partial charge is 0.507 e. The lowest BCUT2D eigenvalue weighted by Crippen LogP contribution is -2.07. The quantitative estimate of drug-likeness (QED) is 0.543. The Hall–Kier alpha value is -3.58. The number of allylic oxidation sites excluding steroid dienone is 4. The van der Waals surface area contributed by atoms with Gasteiger partial charge in [0.15, 0.2) is 0 Å². The molecule has 0 aliphatic heterocycles. The molecule has 0 saturated carbocycles. The summed E-state index contributed by atoms with van der Waals surface area (Å²) in [4.78, 5) is 16.8. The maximum atomic E-state index is 13.5. The number of hydrogen-bond donors (Lipinski definition) is 2. The molecule has 0 atom stereocenters. The monoisotopic (exact) mass is 420 g/mol. The van der Waals surface area contributed by atoms with Crippen LogP contribution in [-0.2, 0) is 4.79 Å². The van der Waals surface area contributed by atoms with Crippen molar-refractivity contribution in [2.24, 2.45) is 0 Å². The van der Waals surface area contributed by atoms with E-state index in [0.717, 1.165) is 4.86 Å². The van der Waals surface area contributed by atoms with Crippen molar-refractivity contribution < 1.29 is 18.7 Å². The number of benzene rings is 2. The molecule has 0 saturated heterocycles. The highest BCUT2D eigenvalue weighted by molar-refractivity contribution is 7.80. The normalized spacial score (nSPS) is 13.3. The summed E-state index contributed by atoms with van der Waals surface area (Å²) in [5.41, 5.74) is 2.76.